The van der Waals surface area contributed by atoms with Gasteiger partial charge in [-0.15, -0.1) is 0 Å². The zero-order valence-corrected chi connectivity index (χ0v) is 9.14. The van der Waals surface area contributed by atoms with Crippen LogP contribution in [0, 0.1) is 0 Å². The van der Waals surface area contributed by atoms with Gasteiger partial charge in [0.2, 0.25) is 0 Å². The van der Waals surface area contributed by atoms with E-state index in [1.54, 1.807) is 0 Å². The van der Waals surface area contributed by atoms with Crippen LogP contribution in [0.25, 0.3) is 0 Å². The lowest BCUT2D eigenvalue weighted by molar-refractivity contribution is -0.0526. The van der Waals surface area contributed by atoms with E-state index in [2.05, 4.69) is 15.9 Å². The largest absolute Gasteiger partial charge is 0.523 e. The summed E-state index contributed by atoms with van der Waals surface area (Å²) in [5, 5.41) is 0. The Morgan fingerprint density at radius 1 is 1.21 bits per heavy atom. The molecule has 0 radical (unpaired) electrons. The molecule has 3 nitrogen and oxygen atoms in total. The van der Waals surface area contributed by atoms with Crippen LogP contribution in [0.2, 0.25) is 0 Å². The molecule has 86 valence electrons. The third kappa shape index (κ3) is 5.06. The van der Waals surface area contributed by atoms with Crippen molar-refractivity contribution in [1.82, 2.24) is 0 Å². The molecule has 1 aliphatic rings. The summed E-state index contributed by atoms with van der Waals surface area (Å²) in [4.78, 5) is 0. The lowest BCUT2D eigenvalue weighted by Crippen LogP contribution is -2.23. The molecular weight excluding hydrogens is 241 g/mol. The Bertz CT molecular complexity index is 236. The Hall–Kier alpha value is 0.0500. The fourth-order valence-electron chi connectivity index (χ4n) is 0.605. The zero-order chi connectivity index (χ0) is 11.2. The second-order valence-corrected chi connectivity index (χ2v) is 5.32. The number of hydrogen-bond acceptors (Lipinski definition) is 4. The van der Waals surface area contributed by atoms with Crippen LogP contribution in [0.3, 0.4) is 0 Å². The monoisotopic (exact) mass is 252 g/mol. The van der Waals surface area contributed by atoms with Gasteiger partial charge in [0.05, 0.1) is 7.11 Å². The first-order valence-electron chi connectivity index (χ1n) is 3.76. The molecule has 0 unspecified atom stereocenters. The Balaban J connectivity index is 0.000000280. The second kappa shape index (κ2) is 5.82. The second-order valence-electron chi connectivity index (χ2n) is 2.39. The minimum Gasteiger partial charge on any atom is -0.267 e. The fraction of sp³-hybridized carbons (Fsp3) is 1.00. The summed E-state index contributed by atoms with van der Waals surface area (Å²) < 4.78 is 55.9. The first-order valence-corrected chi connectivity index (χ1v) is 6.32. The molecule has 0 saturated carbocycles. The highest BCUT2D eigenvalue weighted by Crippen LogP contribution is 2.23. The van der Waals surface area contributed by atoms with Crippen molar-refractivity contribution in [2.75, 3.05) is 18.6 Å². The molecule has 0 amide bonds. The van der Waals surface area contributed by atoms with E-state index < -0.39 is 15.6 Å². The lowest BCUT2D eigenvalue weighted by Gasteiger charge is -2.02. The maximum atomic E-state index is 11.1. The smallest absolute Gasteiger partial charge is 0.267 e. The molecule has 0 aliphatic carbocycles. The van der Waals surface area contributed by atoms with Gasteiger partial charge < -0.3 is 0 Å². The highest BCUT2D eigenvalue weighted by Gasteiger charge is 2.46. The first-order chi connectivity index (χ1) is 6.31. The minimum absolute atomic E-state index is 0.447. The van der Waals surface area contributed by atoms with Gasteiger partial charge >= 0.3 is 15.6 Å². The standard InChI is InChI=1S/C4H8S.C2H3F3O3S/c1-2-4-5-3-1;1-8-9(6,7)2(3,4)5/h1-4H2;1H3. The number of alkyl halides is 3. The Morgan fingerprint density at radius 3 is 1.71 bits per heavy atom. The molecule has 0 N–H and O–H groups in total. The van der Waals surface area contributed by atoms with E-state index in [0.717, 1.165) is 0 Å². The third-order valence-electron chi connectivity index (χ3n) is 1.33. The zero-order valence-electron chi connectivity index (χ0n) is 7.50. The fourth-order valence-corrected chi connectivity index (χ4v) is 1.81. The highest BCUT2D eigenvalue weighted by molar-refractivity contribution is 7.99. The summed E-state index contributed by atoms with van der Waals surface area (Å²) in [7, 11) is -4.89. The van der Waals surface area contributed by atoms with Crippen LogP contribution in [0.1, 0.15) is 12.8 Å². The quantitative estimate of drug-likeness (QED) is 0.529. The van der Waals surface area contributed by atoms with Gasteiger partial charge in [0, 0.05) is 0 Å². The molecule has 0 bridgehead atoms. The van der Waals surface area contributed by atoms with Gasteiger partial charge in [0.25, 0.3) is 0 Å². The molecule has 8 heteroatoms. The predicted molar refractivity (Wildman–Crippen MR) is 48.5 cm³/mol. The molecular formula is C6H11F3O3S2. The molecule has 1 saturated heterocycles. The summed E-state index contributed by atoms with van der Waals surface area (Å²) in [6, 6.07) is 0. The van der Waals surface area contributed by atoms with Crippen molar-refractivity contribution in [1.29, 1.82) is 0 Å². The molecule has 1 heterocycles. The summed E-state index contributed by atoms with van der Waals surface area (Å²) in [6.07, 6.45) is 2.93. The number of hydrogen-bond donors (Lipinski definition) is 0. The molecule has 0 aromatic carbocycles. The van der Waals surface area contributed by atoms with Crippen LogP contribution >= 0.6 is 11.8 Å². The van der Waals surface area contributed by atoms with Crippen LogP contribution in [0.4, 0.5) is 13.2 Å². The van der Waals surface area contributed by atoms with Crippen molar-refractivity contribution in [2.24, 2.45) is 0 Å². The number of halogens is 3. The van der Waals surface area contributed by atoms with Crippen LogP contribution in [-0.2, 0) is 14.3 Å². The summed E-state index contributed by atoms with van der Waals surface area (Å²) in [5.74, 6) is 2.83. The summed E-state index contributed by atoms with van der Waals surface area (Å²) >= 11 is 2.07. The lowest BCUT2D eigenvalue weighted by atomic mass is 10.4. The Morgan fingerprint density at radius 2 is 1.64 bits per heavy atom. The van der Waals surface area contributed by atoms with E-state index in [1.165, 1.54) is 24.3 Å². The summed E-state index contributed by atoms with van der Waals surface area (Å²) in [5.41, 5.74) is -5.30. The number of thioether (sulfide) groups is 1. The molecule has 0 aromatic rings. The highest BCUT2D eigenvalue weighted by atomic mass is 32.2. The van der Waals surface area contributed by atoms with Gasteiger partial charge in [-0.25, -0.2) is 0 Å². The molecule has 0 spiro atoms. The maximum absolute atomic E-state index is 11.1. The minimum atomic E-state index is -5.34. The SMILES string of the molecule is C1CCSC1.COS(=O)(=O)C(F)(F)F. The normalized spacial score (nSPS) is 17.4. The van der Waals surface area contributed by atoms with E-state index in [9.17, 15) is 21.6 Å². The molecule has 1 rings (SSSR count). The molecule has 0 aromatic heterocycles. The van der Waals surface area contributed by atoms with Crippen LogP contribution in [0.5, 0.6) is 0 Å². The predicted octanol–water partition coefficient (Wildman–Crippen LogP) is 2.00. The van der Waals surface area contributed by atoms with Gasteiger partial charge in [0.1, 0.15) is 0 Å². The van der Waals surface area contributed by atoms with E-state index in [4.69, 9.17) is 0 Å². The van der Waals surface area contributed by atoms with E-state index in [0.29, 0.717) is 7.11 Å². The molecule has 1 aliphatic heterocycles. The van der Waals surface area contributed by atoms with Gasteiger partial charge in [0.15, 0.2) is 0 Å². The third-order valence-corrected chi connectivity index (χ3v) is 3.49. The van der Waals surface area contributed by atoms with Crippen molar-refractivity contribution in [2.45, 2.75) is 18.3 Å². The van der Waals surface area contributed by atoms with Crippen molar-refractivity contribution in [3.05, 3.63) is 0 Å². The average Bonchev–Trinajstić information content (AvgIpc) is 2.59. The van der Waals surface area contributed by atoms with Gasteiger partial charge in [-0.2, -0.15) is 33.4 Å². The van der Waals surface area contributed by atoms with Crippen molar-refractivity contribution in [3.63, 3.8) is 0 Å². The molecule has 14 heavy (non-hydrogen) atoms. The average molecular weight is 252 g/mol. The van der Waals surface area contributed by atoms with Crippen LogP contribution < -0.4 is 0 Å². The topological polar surface area (TPSA) is 43.4 Å². The van der Waals surface area contributed by atoms with Crippen LogP contribution in [0.15, 0.2) is 0 Å². The van der Waals surface area contributed by atoms with Crippen LogP contribution in [-0.4, -0.2) is 32.5 Å². The maximum Gasteiger partial charge on any atom is 0.523 e. The van der Waals surface area contributed by atoms with E-state index >= 15 is 0 Å². The Labute approximate surface area is 85.1 Å². The molecule has 1 fully saturated rings. The first kappa shape index (κ1) is 14.1. The number of rotatable bonds is 1. The van der Waals surface area contributed by atoms with Crippen molar-refractivity contribution >= 4 is 21.9 Å². The van der Waals surface area contributed by atoms with Gasteiger partial charge in [-0.1, -0.05) is 0 Å². The summed E-state index contributed by atoms with van der Waals surface area (Å²) in [6.45, 7) is 0. The van der Waals surface area contributed by atoms with Crippen molar-refractivity contribution < 1.29 is 25.8 Å². The van der Waals surface area contributed by atoms with Gasteiger partial charge in [-0.3, -0.25) is 4.18 Å². The van der Waals surface area contributed by atoms with Gasteiger partial charge in [-0.05, 0) is 24.3 Å². The Kier molecular flexibility index (Phi) is 5.84. The van der Waals surface area contributed by atoms with Crippen molar-refractivity contribution in [3.8, 4) is 0 Å². The van der Waals surface area contributed by atoms with E-state index in [1.807, 2.05) is 0 Å². The van der Waals surface area contributed by atoms with E-state index in [-0.39, 0.29) is 0 Å². The molecule has 0 atom stereocenters.